The lowest BCUT2D eigenvalue weighted by molar-refractivity contribution is 0.158. The summed E-state index contributed by atoms with van der Waals surface area (Å²) in [5.74, 6) is 0.853. The van der Waals surface area contributed by atoms with Crippen molar-refractivity contribution < 1.29 is 4.74 Å². The number of fused-ring (bicyclic) bond motifs is 3. The van der Waals surface area contributed by atoms with Crippen molar-refractivity contribution in [2.75, 3.05) is 7.05 Å². The van der Waals surface area contributed by atoms with Crippen molar-refractivity contribution in [2.24, 2.45) is 11.5 Å². The summed E-state index contributed by atoms with van der Waals surface area (Å²) in [6.45, 7) is 2.03. The minimum Gasteiger partial charge on any atom is -0.485 e. The van der Waals surface area contributed by atoms with Crippen LogP contribution in [-0.4, -0.2) is 13.2 Å². The van der Waals surface area contributed by atoms with Gasteiger partial charge in [0.25, 0.3) is 0 Å². The van der Waals surface area contributed by atoms with Gasteiger partial charge in [0.15, 0.2) is 0 Å². The Morgan fingerprint density at radius 3 is 2.66 bits per heavy atom. The van der Waals surface area contributed by atoms with Crippen molar-refractivity contribution in [2.45, 2.75) is 25.9 Å². The second-order valence-corrected chi connectivity index (χ2v) is 10.9. The molecule has 2 heterocycles. The third-order valence-corrected chi connectivity index (χ3v) is 8.30. The van der Waals surface area contributed by atoms with Crippen molar-refractivity contribution in [1.82, 2.24) is 0 Å². The number of ether oxygens (including phenoxy) is 1. The van der Waals surface area contributed by atoms with Gasteiger partial charge in [0.05, 0.1) is 0 Å². The molecular formula is C37H36N2OS. The zero-order valence-electron chi connectivity index (χ0n) is 23.6. The molecule has 1 aliphatic heterocycles. The summed E-state index contributed by atoms with van der Waals surface area (Å²) in [5.41, 5.74) is 17.5. The number of rotatable bonds is 6. The van der Waals surface area contributed by atoms with E-state index in [-0.39, 0.29) is 6.10 Å². The Kier molecular flexibility index (Phi) is 9.15. The Hall–Kier alpha value is -4.38. The highest BCUT2D eigenvalue weighted by atomic mass is 32.1. The molecule has 1 aliphatic carbocycles. The lowest BCUT2D eigenvalue weighted by Crippen LogP contribution is -2.20. The SMILES string of the molecule is CN.C\C=C/C=C(\C=C\c1cccc(-c2cccc3c2sc2ccccc23)c1)CC1C=C(N)C2=C(C=CCC=C2)O1. The summed E-state index contributed by atoms with van der Waals surface area (Å²) in [6.07, 6.45) is 22.5. The van der Waals surface area contributed by atoms with Crippen molar-refractivity contribution >= 4 is 37.6 Å². The molecule has 4 heteroatoms. The molecule has 0 saturated heterocycles. The monoisotopic (exact) mass is 556 g/mol. The molecule has 0 radical (unpaired) electrons. The van der Waals surface area contributed by atoms with Crippen LogP contribution < -0.4 is 11.5 Å². The molecule has 3 nitrogen and oxygen atoms in total. The van der Waals surface area contributed by atoms with E-state index in [1.54, 1.807) is 0 Å². The second-order valence-electron chi connectivity index (χ2n) is 9.81. The largest absolute Gasteiger partial charge is 0.485 e. The van der Waals surface area contributed by atoms with E-state index in [2.05, 4.69) is 115 Å². The van der Waals surface area contributed by atoms with Crippen LogP contribution in [0.15, 0.2) is 144 Å². The van der Waals surface area contributed by atoms with Crippen molar-refractivity contribution in [3.63, 3.8) is 0 Å². The maximum atomic E-state index is 6.41. The minimum absolute atomic E-state index is 0.113. The summed E-state index contributed by atoms with van der Waals surface area (Å²) < 4.78 is 9.00. The van der Waals surface area contributed by atoms with E-state index >= 15 is 0 Å². The van der Waals surface area contributed by atoms with E-state index in [1.807, 2.05) is 36.5 Å². The molecule has 4 N–H and O–H groups in total. The maximum absolute atomic E-state index is 6.41. The highest BCUT2D eigenvalue weighted by Gasteiger charge is 2.20. The van der Waals surface area contributed by atoms with E-state index in [0.717, 1.165) is 29.9 Å². The number of hydrogen-bond donors (Lipinski definition) is 2. The topological polar surface area (TPSA) is 61.3 Å². The van der Waals surface area contributed by atoms with Crippen LogP contribution in [-0.2, 0) is 4.74 Å². The van der Waals surface area contributed by atoms with Crippen LogP contribution in [0, 0.1) is 0 Å². The number of nitrogens with two attached hydrogens (primary N) is 2. The van der Waals surface area contributed by atoms with E-state index in [4.69, 9.17) is 10.5 Å². The van der Waals surface area contributed by atoms with Crippen LogP contribution in [0.4, 0.5) is 0 Å². The smallest absolute Gasteiger partial charge is 0.129 e. The van der Waals surface area contributed by atoms with Gasteiger partial charge in [-0.3, -0.25) is 0 Å². The van der Waals surface area contributed by atoms with Gasteiger partial charge in [-0.1, -0.05) is 103 Å². The van der Waals surface area contributed by atoms with Gasteiger partial charge in [-0.2, -0.15) is 0 Å². The molecule has 41 heavy (non-hydrogen) atoms. The van der Waals surface area contributed by atoms with Crippen LogP contribution in [0.2, 0.25) is 0 Å². The van der Waals surface area contributed by atoms with Crippen LogP contribution in [0.1, 0.15) is 25.3 Å². The molecule has 0 saturated carbocycles. The zero-order chi connectivity index (χ0) is 28.6. The van der Waals surface area contributed by atoms with Gasteiger partial charge in [0, 0.05) is 37.9 Å². The summed E-state index contributed by atoms with van der Waals surface area (Å²) in [5, 5.41) is 2.65. The fourth-order valence-electron chi connectivity index (χ4n) is 5.17. The first-order valence-electron chi connectivity index (χ1n) is 14.0. The predicted molar refractivity (Wildman–Crippen MR) is 178 cm³/mol. The number of thiophene rings is 1. The van der Waals surface area contributed by atoms with Crippen molar-refractivity contribution in [3.8, 4) is 11.1 Å². The fourth-order valence-corrected chi connectivity index (χ4v) is 6.41. The molecule has 2 aliphatic rings. The second kappa shape index (κ2) is 13.3. The van der Waals surface area contributed by atoms with Crippen LogP contribution in [0.3, 0.4) is 0 Å². The first kappa shape index (κ1) is 28.2. The molecule has 0 bridgehead atoms. The normalized spacial score (nSPS) is 17.0. The first-order valence-corrected chi connectivity index (χ1v) is 14.8. The molecule has 0 spiro atoms. The molecule has 6 rings (SSSR count). The van der Waals surface area contributed by atoms with Gasteiger partial charge in [0.2, 0.25) is 0 Å². The molecule has 0 amide bonds. The lowest BCUT2D eigenvalue weighted by Gasteiger charge is -2.24. The van der Waals surface area contributed by atoms with Crippen LogP contribution >= 0.6 is 11.3 Å². The summed E-state index contributed by atoms with van der Waals surface area (Å²) in [6, 6.07) is 24.1. The van der Waals surface area contributed by atoms with Crippen molar-refractivity contribution in [1.29, 1.82) is 0 Å². The zero-order valence-corrected chi connectivity index (χ0v) is 24.4. The Balaban J connectivity index is 0.00000165. The third kappa shape index (κ3) is 6.35. The summed E-state index contributed by atoms with van der Waals surface area (Å²) >= 11 is 1.87. The predicted octanol–water partition coefficient (Wildman–Crippen LogP) is 9.21. The molecular weight excluding hydrogens is 520 g/mol. The molecule has 3 aromatic carbocycles. The summed E-state index contributed by atoms with van der Waals surface area (Å²) in [4.78, 5) is 0. The van der Waals surface area contributed by atoms with Crippen LogP contribution in [0.5, 0.6) is 0 Å². The molecule has 1 unspecified atom stereocenters. The number of allylic oxidation sites excluding steroid dienone is 8. The Morgan fingerprint density at radius 1 is 0.976 bits per heavy atom. The Bertz CT molecular complexity index is 1760. The maximum Gasteiger partial charge on any atom is 0.129 e. The van der Waals surface area contributed by atoms with Gasteiger partial charge in [0.1, 0.15) is 11.9 Å². The Morgan fingerprint density at radius 2 is 1.78 bits per heavy atom. The van der Waals surface area contributed by atoms with Gasteiger partial charge in [-0.05, 0) is 66.9 Å². The summed E-state index contributed by atoms with van der Waals surface area (Å²) in [7, 11) is 1.50. The Labute approximate surface area is 246 Å². The molecule has 206 valence electrons. The highest BCUT2D eigenvalue weighted by Crippen LogP contribution is 2.40. The average molecular weight is 557 g/mol. The average Bonchev–Trinajstić information content (AvgIpc) is 3.22. The van der Waals surface area contributed by atoms with E-state index in [9.17, 15) is 0 Å². The number of hydrogen-bond acceptors (Lipinski definition) is 4. The lowest BCUT2D eigenvalue weighted by atomic mass is 9.99. The van der Waals surface area contributed by atoms with E-state index in [0.29, 0.717) is 0 Å². The first-order chi connectivity index (χ1) is 20.2. The number of benzene rings is 3. The highest BCUT2D eigenvalue weighted by molar-refractivity contribution is 7.26. The third-order valence-electron chi connectivity index (χ3n) is 7.08. The molecule has 0 fully saturated rings. The minimum atomic E-state index is -0.113. The molecule has 4 aromatic rings. The fraction of sp³-hybridized carbons (Fsp3) is 0.135. The quantitative estimate of drug-likeness (QED) is 0.233. The molecule has 1 aromatic heterocycles. The van der Waals surface area contributed by atoms with Gasteiger partial charge in [-0.15, -0.1) is 11.3 Å². The van der Waals surface area contributed by atoms with Crippen LogP contribution in [0.25, 0.3) is 37.4 Å². The van der Waals surface area contributed by atoms with Gasteiger partial charge in [-0.25, -0.2) is 0 Å². The van der Waals surface area contributed by atoms with E-state index in [1.165, 1.54) is 49.5 Å². The van der Waals surface area contributed by atoms with Crippen molar-refractivity contribution in [3.05, 3.63) is 150 Å². The van der Waals surface area contributed by atoms with Gasteiger partial charge < -0.3 is 16.2 Å². The van der Waals surface area contributed by atoms with E-state index < -0.39 is 0 Å². The standard InChI is InChI=1S/C36H31NOS.CH5N/c1-2-3-11-26(23-28-24-33(37)32-15-5-4-6-18-34(32)38-28)21-20-25-12-9-13-27(22-25)29-16-10-17-31-30-14-7-8-19-35(30)39-36(29)31;1-2/h2-3,5-22,24,28H,4,23,37H2,1H3;2H2,1H3/b3-2-,21-20+,26-11+;. The van der Waals surface area contributed by atoms with Gasteiger partial charge >= 0.3 is 0 Å². The molecule has 1 atom stereocenters.